The smallest absolute Gasteiger partial charge is 0.374 e. The Labute approximate surface area is 123 Å². The summed E-state index contributed by atoms with van der Waals surface area (Å²) < 4.78 is 38.1. The molecule has 1 aromatic carbocycles. The fourth-order valence-electron chi connectivity index (χ4n) is 1.67. The van der Waals surface area contributed by atoms with Crippen molar-refractivity contribution >= 4 is 17.1 Å². The Hall–Kier alpha value is -2.39. The molecule has 0 bridgehead atoms. The van der Waals surface area contributed by atoms with Gasteiger partial charge in [-0.25, -0.2) is 0 Å². The monoisotopic (exact) mass is 321 g/mol. The largest absolute Gasteiger partial charge is 0.416 e. The maximum Gasteiger partial charge on any atom is 0.416 e. The van der Waals surface area contributed by atoms with Crippen LogP contribution in [0.15, 0.2) is 12.1 Å². The van der Waals surface area contributed by atoms with Gasteiger partial charge in [0.1, 0.15) is 0 Å². The predicted molar refractivity (Wildman–Crippen MR) is 72.7 cm³/mol. The van der Waals surface area contributed by atoms with E-state index in [-0.39, 0.29) is 12.5 Å². The standard InChI is InChI=1S/C12H14F3N3O4/c1-3-7(2)6-16-11-9(17(19)20)4-8(12(13,14)15)5-10(11)18(21)22/h4-5,7,16H,3,6H2,1-2H3. The van der Waals surface area contributed by atoms with Crippen LogP contribution >= 0.6 is 0 Å². The molecule has 7 nitrogen and oxygen atoms in total. The SMILES string of the molecule is CCC(C)CNc1c([N+](=O)[O-])cc(C(F)(F)F)cc1[N+](=O)[O-]. The maximum absolute atomic E-state index is 12.7. The van der Waals surface area contributed by atoms with E-state index in [0.717, 1.165) is 0 Å². The topological polar surface area (TPSA) is 98.3 Å². The second kappa shape index (κ2) is 6.58. The summed E-state index contributed by atoms with van der Waals surface area (Å²) in [5, 5.41) is 24.5. The van der Waals surface area contributed by atoms with Gasteiger partial charge in [0.2, 0.25) is 0 Å². The van der Waals surface area contributed by atoms with Gasteiger partial charge in [-0.3, -0.25) is 20.2 Å². The van der Waals surface area contributed by atoms with Crippen LogP contribution in [0.4, 0.5) is 30.2 Å². The van der Waals surface area contributed by atoms with E-state index in [4.69, 9.17) is 0 Å². The molecule has 0 saturated carbocycles. The molecule has 0 amide bonds. The molecule has 122 valence electrons. The number of anilines is 1. The molecule has 1 aromatic rings. The van der Waals surface area contributed by atoms with Gasteiger partial charge in [-0.2, -0.15) is 13.2 Å². The van der Waals surface area contributed by atoms with Crippen LogP contribution in [-0.2, 0) is 6.18 Å². The third-order valence-electron chi connectivity index (χ3n) is 3.14. The molecule has 0 aliphatic rings. The highest BCUT2D eigenvalue weighted by molar-refractivity contribution is 5.75. The lowest BCUT2D eigenvalue weighted by molar-refractivity contribution is -0.392. The minimum Gasteiger partial charge on any atom is -0.374 e. The van der Waals surface area contributed by atoms with Gasteiger partial charge in [0, 0.05) is 18.7 Å². The summed E-state index contributed by atoms with van der Waals surface area (Å²) in [6.07, 6.45) is -4.21. The molecule has 0 heterocycles. The summed E-state index contributed by atoms with van der Waals surface area (Å²) in [6, 6.07) is 0.595. The highest BCUT2D eigenvalue weighted by Crippen LogP contribution is 2.41. The molecule has 0 saturated heterocycles. The van der Waals surface area contributed by atoms with Gasteiger partial charge in [0.15, 0.2) is 5.69 Å². The summed E-state index contributed by atoms with van der Waals surface area (Å²) in [7, 11) is 0. The molecule has 0 radical (unpaired) electrons. The lowest BCUT2D eigenvalue weighted by Gasteiger charge is -2.13. The first-order valence-corrected chi connectivity index (χ1v) is 6.35. The van der Waals surface area contributed by atoms with Gasteiger partial charge in [-0.1, -0.05) is 20.3 Å². The summed E-state index contributed by atoms with van der Waals surface area (Å²) in [4.78, 5) is 19.8. The van der Waals surface area contributed by atoms with E-state index in [0.29, 0.717) is 18.6 Å². The van der Waals surface area contributed by atoms with E-state index in [9.17, 15) is 33.4 Å². The second-order valence-electron chi connectivity index (χ2n) is 4.80. The molecule has 22 heavy (non-hydrogen) atoms. The summed E-state index contributed by atoms with van der Waals surface area (Å²) in [5.74, 6) is 0.0431. The van der Waals surface area contributed by atoms with E-state index in [1.165, 1.54) is 0 Å². The van der Waals surface area contributed by atoms with Crippen LogP contribution in [0.25, 0.3) is 0 Å². The average molecular weight is 321 g/mol. The molecular weight excluding hydrogens is 307 g/mol. The second-order valence-corrected chi connectivity index (χ2v) is 4.80. The third-order valence-corrected chi connectivity index (χ3v) is 3.14. The summed E-state index contributed by atoms with van der Waals surface area (Å²) >= 11 is 0. The molecule has 1 N–H and O–H groups in total. The summed E-state index contributed by atoms with van der Waals surface area (Å²) in [6.45, 7) is 3.82. The first kappa shape index (κ1) is 17.7. The average Bonchev–Trinajstić information content (AvgIpc) is 2.42. The van der Waals surface area contributed by atoms with Gasteiger partial charge in [-0.15, -0.1) is 0 Å². The number of nitrogens with one attached hydrogen (secondary N) is 1. The number of alkyl halides is 3. The fourth-order valence-corrected chi connectivity index (χ4v) is 1.67. The van der Waals surface area contributed by atoms with Crippen molar-refractivity contribution in [3.8, 4) is 0 Å². The van der Waals surface area contributed by atoms with E-state index in [1.54, 1.807) is 6.92 Å². The lowest BCUT2D eigenvalue weighted by atomic mass is 10.1. The van der Waals surface area contributed by atoms with Gasteiger partial charge in [0.05, 0.1) is 15.4 Å². The van der Waals surface area contributed by atoms with Gasteiger partial charge >= 0.3 is 6.18 Å². The maximum atomic E-state index is 12.7. The van der Waals surface area contributed by atoms with E-state index >= 15 is 0 Å². The van der Waals surface area contributed by atoms with E-state index in [1.807, 2.05) is 6.92 Å². The number of halogens is 3. The Morgan fingerprint density at radius 3 is 1.95 bits per heavy atom. The van der Waals surface area contributed by atoms with Crippen LogP contribution < -0.4 is 5.32 Å². The van der Waals surface area contributed by atoms with Gasteiger partial charge in [-0.05, 0) is 5.92 Å². The highest BCUT2D eigenvalue weighted by atomic mass is 19.4. The minimum absolute atomic E-state index is 0.0431. The first-order valence-electron chi connectivity index (χ1n) is 6.35. The predicted octanol–water partition coefficient (Wildman–Crippen LogP) is 3.98. The molecule has 10 heteroatoms. The first-order chi connectivity index (χ1) is 10.1. The Kier molecular flexibility index (Phi) is 5.28. The van der Waals surface area contributed by atoms with Crippen LogP contribution in [0.2, 0.25) is 0 Å². The van der Waals surface area contributed by atoms with E-state index in [2.05, 4.69) is 5.32 Å². The molecule has 0 aliphatic heterocycles. The number of rotatable bonds is 6. The number of nitro groups is 2. The molecule has 0 spiro atoms. The van der Waals surface area contributed by atoms with Crippen molar-refractivity contribution < 1.29 is 23.0 Å². The molecule has 0 fully saturated rings. The van der Waals surface area contributed by atoms with Crippen LogP contribution in [-0.4, -0.2) is 16.4 Å². The Morgan fingerprint density at radius 1 is 1.18 bits per heavy atom. The highest BCUT2D eigenvalue weighted by Gasteiger charge is 2.37. The quantitative estimate of drug-likeness (QED) is 0.631. The number of benzene rings is 1. The van der Waals surface area contributed by atoms with Crippen molar-refractivity contribution in [3.63, 3.8) is 0 Å². The normalized spacial score (nSPS) is 12.8. The third kappa shape index (κ3) is 4.06. The van der Waals surface area contributed by atoms with Crippen molar-refractivity contribution in [2.24, 2.45) is 5.92 Å². The lowest BCUT2D eigenvalue weighted by Crippen LogP contribution is -2.14. The van der Waals surface area contributed by atoms with Crippen molar-refractivity contribution in [2.45, 2.75) is 26.4 Å². The Morgan fingerprint density at radius 2 is 1.64 bits per heavy atom. The van der Waals surface area contributed by atoms with Crippen LogP contribution in [0.5, 0.6) is 0 Å². The summed E-state index contributed by atoms with van der Waals surface area (Å²) in [5.41, 5.74) is -3.88. The van der Waals surface area contributed by atoms with Crippen molar-refractivity contribution in [1.82, 2.24) is 0 Å². The number of hydrogen-bond acceptors (Lipinski definition) is 5. The zero-order valence-electron chi connectivity index (χ0n) is 11.8. The fraction of sp³-hybridized carbons (Fsp3) is 0.500. The van der Waals surface area contributed by atoms with Gasteiger partial charge < -0.3 is 5.32 Å². The van der Waals surface area contributed by atoms with Crippen molar-refractivity contribution in [1.29, 1.82) is 0 Å². The van der Waals surface area contributed by atoms with E-state index < -0.39 is 38.6 Å². The minimum atomic E-state index is -4.91. The zero-order valence-corrected chi connectivity index (χ0v) is 11.8. The van der Waals surface area contributed by atoms with Crippen LogP contribution in [0.3, 0.4) is 0 Å². The molecule has 1 unspecified atom stereocenters. The van der Waals surface area contributed by atoms with Crippen LogP contribution in [0, 0.1) is 26.1 Å². The molecule has 0 aromatic heterocycles. The molecule has 1 rings (SSSR count). The Balaban J connectivity index is 3.44. The number of nitro benzene ring substituents is 2. The molecule has 0 aliphatic carbocycles. The Bertz CT molecular complexity index is 554. The van der Waals surface area contributed by atoms with Crippen molar-refractivity contribution in [3.05, 3.63) is 37.9 Å². The van der Waals surface area contributed by atoms with Crippen LogP contribution in [0.1, 0.15) is 25.8 Å². The number of nitrogens with zero attached hydrogens (tertiary/aromatic N) is 2. The molecular formula is C12H14F3N3O4. The molecule has 1 atom stereocenters. The number of hydrogen-bond donors (Lipinski definition) is 1. The van der Waals surface area contributed by atoms with Crippen molar-refractivity contribution in [2.75, 3.05) is 11.9 Å². The van der Waals surface area contributed by atoms with Gasteiger partial charge in [0.25, 0.3) is 11.4 Å². The zero-order chi connectivity index (χ0) is 17.1.